The summed E-state index contributed by atoms with van der Waals surface area (Å²) in [6, 6.07) is 11.6. The van der Waals surface area contributed by atoms with E-state index in [4.69, 9.17) is 4.42 Å². The fourth-order valence-electron chi connectivity index (χ4n) is 3.91. The maximum absolute atomic E-state index is 12.6. The number of aromatic nitrogens is 1. The first-order chi connectivity index (χ1) is 13.7. The van der Waals surface area contributed by atoms with Gasteiger partial charge in [-0.25, -0.2) is 4.79 Å². The molecule has 2 aromatic heterocycles. The molecule has 2 amide bonds. The van der Waals surface area contributed by atoms with Gasteiger partial charge >= 0.3 is 6.03 Å². The predicted octanol–water partition coefficient (Wildman–Crippen LogP) is 4.48. The van der Waals surface area contributed by atoms with Gasteiger partial charge in [-0.3, -0.25) is 9.88 Å². The number of piperidine rings is 1. The highest BCUT2D eigenvalue weighted by Crippen LogP contribution is 2.27. The molecule has 1 fully saturated rings. The smallest absolute Gasteiger partial charge is 0.319 e. The van der Waals surface area contributed by atoms with Crippen molar-refractivity contribution in [2.24, 2.45) is 0 Å². The normalized spacial score (nSPS) is 16.0. The van der Waals surface area contributed by atoms with Gasteiger partial charge in [0, 0.05) is 24.3 Å². The zero-order chi connectivity index (χ0) is 19.3. The van der Waals surface area contributed by atoms with Crippen LogP contribution in [0.3, 0.4) is 0 Å². The van der Waals surface area contributed by atoms with E-state index in [-0.39, 0.29) is 12.1 Å². The minimum Gasteiger partial charge on any atom is -0.459 e. The van der Waals surface area contributed by atoms with Crippen LogP contribution in [-0.2, 0) is 0 Å². The molecule has 1 aliphatic rings. The second kappa shape index (κ2) is 8.44. The van der Waals surface area contributed by atoms with E-state index in [1.807, 2.05) is 43.5 Å². The molecule has 1 atom stereocenters. The lowest BCUT2D eigenvalue weighted by Crippen LogP contribution is -2.41. The third kappa shape index (κ3) is 4.17. The molecule has 0 spiro atoms. The number of nitrogens with one attached hydrogen (secondary N) is 2. The van der Waals surface area contributed by atoms with E-state index in [9.17, 15) is 4.79 Å². The molecule has 3 aromatic rings. The van der Waals surface area contributed by atoms with E-state index in [0.29, 0.717) is 17.8 Å². The number of para-hydroxylation sites is 1. The molecule has 4 rings (SSSR count). The zero-order valence-electron chi connectivity index (χ0n) is 16.1. The minimum atomic E-state index is -0.229. The highest BCUT2D eigenvalue weighted by molar-refractivity contribution is 5.99. The van der Waals surface area contributed by atoms with Gasteiger partial charge in [-0.05, 0) is 56.6 Å². The molecule has 3 heterocycles. The van der Waals surface area contributed by atoms with Crippen LogP contribution >= 0.6 is 0 Å². The van der Waals surface area contributed by atoms with Crippen molar-refractivity contribution in [2.45, 2.75) is 32.2 Å². The quantitative estimate of drug-likeness (QED) is 0.686. The van der Waals surface area contributed by atoms with Crippen molar-refractivity contribution in [3.63, 3.8) is 0 Å². The van der Waals surface area contributed by atoms with Crippen LogP contribution in [0.5, 0.6) is 0 Å². The summed E-state index contributed by atoms with van der Waals surface area (Å²) in [5.74, 6) is 0.825. The Labute approximate surface area is 164 Å². The van der Waals surface area contributed by atoms with E-state index in [1.54, 1.807) is 6.20 Å². The molecule has 1 saturated heterocycles. The van der Waals surface area contributed by atoms with Gasteiger partial charge in [-0.1, -0.05) is 24.6 Å². The number of likely N-dealkylation sites (tertiary alicyclic amines) is 1. The van der Waals surface area contributed by atoms with E-state index in [1.165, 1.54) is 19.3 Å². The van der Waals surface area contributed by atoms with Gasteiger partial charge in [0.25, 0.3) is 0 Å². The Balaban J connectivity index is 1.45. The van der Waals surface area contributed by atoms with Crippen molar-refractivity contribution in [1.82, 2.24) is 15.2 Å². The molecule has 0 unspecified atom stereocenters. The maximum atomic E-state index is 12.6. The van der Waals surface area contributed by atoms with Gasteiger partial charge in [-0.2, -0.15) is 0 Å². The standard InChI is InChI=1S/C22H26N4O2/c1-16-13-17-7-5-9-19(21(17)28-16)25-22(27)24-15-20(18-8-6-10-23-14-18)26-11-3-2-4-12-26/h5-10,13-14,20H,2-4,11-12,15H2,1H3,(H2,24,25,27)/t20-/m1/s1. The summed E-state index contributed by atoms with van der Waals surface area (Å²) in [7, 11) is 0. The summed E-state index contributed by atoms with van der Waals surface area (Å²) in [5.41, 5.74) is 2.52. The summed E-state index contributed by atoms with van der Waals surface area (Å²) in [6.07, 6.45) is 7.34. The summed E-state index contributed by atoms with van der Waals surface area (Å²) >= 11 is 0. The molecule has 6 nitrogen and oxygen atoms in total. The van der Waals surface area contributed by atoms with Crippen molar-refractivity contribution >= 4 is 22.7 Å². The number of benzene rings is 1. The summed E-state index contributed by atoms with van der Waals surface area (Å²) in [5, 5.41) is 6.95. The van der Waals surface area contributed by atoms with Crippen molar-refractivity contribution in [2.75, 3.05) is 25.0 Å². The molecule has 2 N–H and O–H groups in total. The Kier molecular flexibility index (Phi) is 5.58. The lowest BCUT2D eigenvalue weighted by Gasteiger charge is -2.34. The van der Waals surface area contributed by atoms with Crippen molar-refractivity contribution in [1.29, 1.82) is 0 Å². The molecular formula is C22H26N4O2. The summed E-state index contributed by atoms with van der Waals surface area (Å²) < 4.78 is 5.73. The Morgan fingerprint density at radius 2 is 2.07 bits per heavy atom. The van der Waals surface area contributed by atoms with E-state index < -0.39 is 0 Å². The van der Waals surface area contributed by atoms with Crippen LogP contribution in [0, 0.1) is 6.92 Å². The SMILES string of the molecule is Cc1cc2cccc(NC(=O)NC[C@H](c3cccnc3)N3CCCCC3)c2o1. The monoisotopic (exact) mass is 378 g/mol. The van der Waals surface area contributed by atoms with E-state index in [2.05, 4.69) is 26.6 Å². The van der Waals surface area contributed by atoms with Gasteiger partial charge in [0.1, 0.15) is 5.76 Å². The molecule has 0 aliphatic carbocycles. The fourth-order valence-corrected chi connectivity index (χ4v) is 3.91. The lowest BCUT2D eigenvalue weighted by molar-refractivity contribution is 0.161. The third-order valence-corrected chi connectivity index (χ3v) is 5.27. The molecule has 0 saturated carbocycles. The van der Waals surface area contributed by atoms with Crippen molar-refractivity contribution in [3.05, 3.63) is 60.1 Å². The topological polar surface area (TPSA) is 70.4 Å². The molecule has 1 aromatic carbocycles. The fraction of sp³-hybridized carbons (Fsp3) is 0.364. The van der Waals surface area contributed by atoms with Crippen LogP contribution < -0.4 is 10.6 Å². The number of amides is 2. The van der Waals surface area contributed by atoms with Gasteiger partial charge in [0.05, 0.1) is 11.7 Å². The number of hydrogen-bond acceptors (Lipinski definition) is 4. The minimum absolute atomic E-state index is 0.126. The number of furan rings is 1. The number of fused-ring (bicyclic) bond motifs is 1. The first kappa shape index (κ1) is 18.5. The second-order valence-corrected chi connectivity index (χ2v) is 7.31. The molecule has 1 aliphatic heterocycles. The Morgan fingerprint density at radius 3 is 2.86 bits per heavy atom. The molecule has 0 radical (unpaired) electrons. The molecule has 28 heavy (non-hydrogen) atoms. The number of aryl methyl sites for hydroxylation is 1. The summed E-state index contributed by atoms with van der Waals surface area (Å²) in [6.45, 7) is 4.54. The average molecular weight is 378 g/mol. The number of nitrogens with zero attached hydrogens (tertiary/aromatic N) is 2. The average Bonchev–Trinajstić information content (AvgIpc) is 3.11. The number of hydrogen-bond donors (Lipinski definition) is 2. The molecule has 6 heteroatoms. The van der Waals surface area contributed by atoms with Crippen LogP contribution in [-0.4, -0.2) is 35.5 Å². The molecule has 0 bridgehead atoms. The highest BCUT2D eigenvalue weighted by Gasteiger charge is 2.23. The molecular weight excluding hydrogens is 352 g/mol. The van der Waals surface area contributed by atoms with Crippen LogP contribution in [0.25, 0.3) is 11.0 Å². The van der Waals surface area contributed by atoms with Gasteiger partial charge < -0.3 is 15.1 Å². The molecule has 146 valence electrons. The van der Waals surface area contributed by atoms with E-state index >= 15 is 0 Å². The Bertz CT molecular complexity index is 932. The number of anilines is 1. The van der Waals surface area contributed by atoms with Crippen LogP contribution in [0.4, 0.5) is 10.5 Å². The van der Waals surface area contributed by atoms with Crippen molar-refractivity contribution in [3.8, 4) is 0 Å². The third-order valence-electron chi connectivity index (χ3n) is 5.27. The Morgan fingerprint density at radius 1 is 1.21 bits per heavy atom. The summed E-state index contributed by atoms with van der Waals surface area (Å²) in [4.78, 5) is 19.3. The first-order valence-corrected chi connectivity index (χ1v) is 9.89. The highest BCUT2D eigenvalue weighted by atomic mass is 16.3. The van der Waals surface area contributed by atoms with Crippen LogP contribution in [0.2, 0.25) is 0 Å². The Hall–Kier alpha value is -2.86. The van der Waals surface area contributed by atoms with Gasteiger partial charge in [0.15, 0.2) is 5.58 Å². The van der Waals surface area contributed by atoms with E-state index in [0.717, 1.165) is 29.8 Å². The first-order valence-electron chi connectivity index (χ1n) is 9.89. The maximum Gasteiger partial charge on any atom is 0.319 e. The lowest BCUT2D eigenvalue weighted by atomic mass is 10.0. The van der Waals surface area contributed by atoms with Crippen molar-refractivity contribution < 1.29 is 9.21 Å². The number of rotatable bonds is 5. The zero-order valence-corrected chi connectivity index (χ0v) is 16.1. The van der Waals surface area contributed by atoms with Crippen LogP contribution in [0.15, 0.2) is 53.2 Å². The van der Waals surface area contributed by atoms with Gasteiger partial charge in [0.2, 0.25) is 0 Å². The predicted molar refractivity (Wildman–Crippen MR) is 110 cm³/mol. The number of carbonyl (C=O) groups is 1. The second-order valence-electron chi connectivity index (χ2n) is 7.31. The largest absolute Gasteiger partial charge is 0.459 e. The van der Waals surface area contributed by atoms with Crippen LogP contribution in [0.1, 0.15) is 36.6 Å². The van der Waals surface area contributed by atoms with Gasteiger partial charge in [-0.15, -0.1) is 0 Å². The number of pyridine rings is 1. The number of carbonyl (C=O) groups excluding carboxylic acids is 1. The number of urea groups is 1.